The number of anilines is 2. The van der Waals surface area contributed by atoms with Crippen molar-refractivity contribution in [2.45, 2.75) is 31.6 Å². The average Bonchev–Trinajstić information content (AvgIpc) is 2.75. The summed E-state index contributed by atoms with van der Waals surface area (Å²) in [5.74, 6) is 0.0675. The summed E-state index contributed by atoms with van der Waals surface area (Å²) in [6.45, 7) is 4.38. The summed E-state index contributed by atoms with van der Waals surface area (Å²) in [7, 11) is -3.60. The van der Waals surface area contributed by atoms with E-state index in [1.807, 2.05) is 6.92 Å². The molecule has 0 aromatic heterocycles. The lowest BCUT2D eigenvalue weighted by atomic mass is 9.97. The minimum Gasteiger partial charge on any atom is -0.494 e. The van der Waals surface area contributed by atoms with Crippen LogP contribution in [0.3, 0.4) is 0 Å². The number of nitrogens with zero attached hydrogens (tertiary/aromatic N) is 1. The molecular formula is C22H27N3O5S. The van der Waals surface area contributed by atoms with Gasteiger partial charge in [-0.1, -0.05) is 0 Å². The van der Waals surface area contributed by atoms with Crippen LogP contribution in [0, 0.1) is 5.92 Å². The summed E-state index contributed by atoms with van der Waals surface area (Å²) in [6, 6.07) is 13.2. The van der Waals surface area contributed by atoms with E-state index in [4.69, 9.17) is 4.74 Å². The number of ether oxygens (including phenoxy) is 1. The van der Waals surface area contributed by atoms with Crippen molar-refractivity contribution < 1.29 is 22.7 Å². The predicted molar refractivity (Wildman–Crippen MR) is 118 cm³/mol. The zero-order valence-electron chi connectivity index (χ0n) is 17.6. The molecule has 9 heteroatoms. The van der Waals surface area contributed by atoms with E-state index in [1.165, 1.54) is 11.2 Å². The molecule has 1 heterocycles. The van der Waals surface area contributed by atoms with Gasteiger partial charge in [0.1, 0.15) is 5.75 Å². The molecule has 1 saturated heterocycles. The van der Waals surface area contributed by atoms with Gasteiger partial charge in [-0.05, 0) is 68.3 Å². The van der Waals surface area contributed by atoms with Crippen LogP contribution < -0.4 is 15.4 Å². The first-order valence-electron chi connectivity index (χ1n) is 10.2. The van der Waals surface area contributed by atoms with Gasteiger partial charge in [0, 0.05) is 37.3 Å². The van der Waals surface area contributed by atoms with Gasteiger partial charge < -0.3 is 15.4 Å². The molecule has 0 aliphatic carbocycles. The molecule has 2 amide bonds. The molecule has 3 rings (SSSR count). The molecule has 0 bridgehead atoms. The van der Waals surface area contributed by atoms with E-state index in [0.29, 0.717) is 36.6 Å². The van der Waals surface area contributed by atoms with Crippen LogP contribution in [0.4, 0.5) is 11.4 Å². The number of nitrogens with one attached hydrogen (secondary N) is 2. The van der Waals surface area contributed by atoms with Crippen molar-refractivity contribution in [1.29, 1.82) is 0 Å². The number of hydrogen-bond donors (Lipinski definition) is 2. The highest BCUT2D eigenvalue weighted by Crippen LogP contribution is 2.26. The third kappa shape index (κ3) is 5.83. The summed E-state index contributed by atoms with van der Waals surface area (Å²) < 4.78 is 32.6. The maximum atomic E-state index is 12.9. The number of amides is 2. The highest BCUT2D eigenvalue weighted by molar-refractivity contribution is 7.89. The fourth-order valence-corrected chi connectivity index (χ4v) is 4.94. The summed E-state index contributed by atoms with van der Waals surface area (Å²) in [5, 5.41) is 5.53. The molecule has 2 aromatic carbocycles. The van der Waals surface area contributed by atoms with Crippen LogP contribution in [0.25, 0.3) is 0 Å². The molecule has 1 aliphatic heterocycles. The van der Waals surface area contributed by atoms with Gasteiger partial charge in [0.15, 0.2) is 0 Å². The van der Waals surface area contributed by atoms with Gasteiger partial charge in [-0.2, -0.15) is 4.31 Å². The van der Waals surface area contributed by atoms with Crippen molar-refractivity contribution in [3.63, 3.8) is 0 Å². The van der Waals surface area contributed by atoms with Gasteiger partial charge in [0.2, 0.25) is 21.8 Å². The van der Waals surface area contributed by atoms with Crippen LogP contribution in [0.2, 0.25) is 0 Å². The second-order valence-corrected chi connectivity index (χ2v) is 9.27. The van der Waals surface area contributed by atoms with Gasteiger partial charge in [0.05, 0.1) is 11.5 Å². The Morgan fingerprint density at radius 3 is 2.03 bits per heavy atom. The second-order valence-electron chi connectivity index (χ2n) is 7.33. The molecule has 1 fully saturated rings. The minimum atomic E-state index is -3.60. The topological polar surface area (TPSA) is 105 Å². The zero-order chi connectivity index (χ0) is 22.4. The summed E-state index contributed by atoms with van der Waals surface area (Å²) in [4.78, 5) is 23.9. The van der Waals surface area contributed by atoms with E-state index in [9.17, 15) is 18.0 Å². The van der Waals surface area contributed by atoms with Crippen LogP contribution in [0.15, 0.2) is 53.4 Å². The Bertz CT molecular complexity index is 1010. The zero-order valence-corrected chi connectivity index (χ0v) is 18.4. The standard InChI is InChI=1S/C22H27N3O5S/c1-3-30-20-8-10-21(11-9-20)31(28,29)25-14-12-17(13-15-25)22(27)24-19-6-4-18(5-7-19)23-16(2)26/h4-11,17H,3,12-15H2,1-2H3,(H,23,26)(H,24,27). The molecule has 31 heavy (non-hydrogen) atoms. The molecule has 1 aliphatic rings. The molecule has 166 valence electrons. The predicted octanol–water partition coefficient (Wildman–Crippen LogP) is 3.08. The van der Waals surface area contributed by atoms with Crippen molar-refractivity contribution in [2.75, 3.05) is 30.3 Å². The number of hydrogen-bond acceptors (Lipinski definition) is 5. The molecule has 8 nitrogen and oxygen atoms in total. The van der Waals surface area contributed by atoms with Crippen LogP contribution >= 0.6 is 0 Å². The van der Waals surface area contributed by atoms with E-state index >= 15 is 0 Å². The van der Waals surface area contributed by atoms with Crippen LogP contribution in [0.1, 0.15) is 26.7 Å². The molecular weight excluding hydrogens is 418 g/mol. The Kier molecular flexibility index (Phi) is 7.29. The first-order chi connectivity index (χ1) is 14.8. The number of carbonyl (C=O) groups excluding carboxylic acids is 2. The Morgan fingerprint density at radius 2 is 1.52 bits per heavy atom. The van der Waals surface area contributed by atoms with E-state index < -0.39 is 10.0 Å². The minimum absolute atomic E-state index is 0.134. The van der Waals surface area contributed by atoms with Crippen molar-refractivity contribution in [1.82, 2.24) is 4.31 Å². The fourth-order valence-electron chi connectivity index (χ4n) is 3.47. The van der Waals surface area contributed by atoms with E-state index in [2.05, 4.69) is 10.6 Å². The van der Waals surface area contributed by atoms with Gasteiger partial charge >= 0.3 is 0 Å². The smallest absolute Gasteiger partial charge is 0.243 e. The van der Waals surface area contributed by atoms with Gasteiger partial charge in [-0.25, -0.2) is 8.42 Å². The van der Waals surface area contributed by atoms with Crippen LogP contribution in [0.5, 0.6) is 5.75 Å². The first kappa shape index (κ1) is 22.8. The first-order valence-corrected chi connectivity index (χ1v) is 11.6. The number of benzene rings is 2. The monoisotopic (exact) mass is 445 g/mol. The van der Waals surface area contributed by atoms with Gasteiger partial charge in [0.25, 0.3) is 0 Å². The number of sulfonamides is 1. The van der Waals surface area contributed by atoms with Gasteiger partial charge in [-0.15, -0.1) is 0 Å². The molecule has 0 radical (unpaired) electrons. The molecule has 0 unspecified atom stereocenters. The molecule has 0 saturated carbocycles. The fraction of sp³-hybridized carbons (Fsp3) is 0.364. The van der Waals surface area contributed by atoms with Crippen molar-refractivity contribution in [2.24, 2.45) is 5.92 Å². The highest BCUT2D eigenvalue weighted by Gasteiger charge is 2.32. The van der Waals surface area contributed by atoms with Crippen molar-refractivity contribution >= 4 is 33.2 Å². The van der Waals surface area contributed by atoms with Crippen LogP contribution in [-0.2, 0) is 19.6 Å². The van der Waals surface area contributed by atoms with Crippen molar-refractivity contribution in [3.8, 4) is 5.75 Å². The molecule has 0 spiro atoms. The lowest BCUT2D eigenvalue weighted by molar-refractivity contribution is -0.121. The largest absolute Gasteiger partial charge is 0.494 e. The third-order valence-corrected chi connectivity index (χ3v) is 6.98. The SMILES string of the molecule is CCOc1ccc(S(=O)(=O)N2CCC(C(=O)Nc3ccc(NC(C)=O)cc3)CC2)cc1. The molecule has 2 aromatic rings. The maximum Gasteiger partial charge on any atom is 0.243 e. The molecule has 2 N–H and O–H groups in total. The third-order valence-electron chi connectivity index (χ3n) is 5.07. The lowest BCUT2D eigenvalue weighted by Crippen LogP contribution is -2.41. The number of piperidine rings is 1. The second kappa shape index (κ2) is 9.93. The Hall–Kier alpha value is -2.91. The Labute approximate surface area is 182 Å². The average molecular weight is 446 g/mol. The number of rotatable bonds is 7. The van der Waals surface area contributed by atoms with Crippen LogP contribution in [-0.4, -0.2) is 44.2 Å². The summed E-state index contributed by atoms with van der Waals surface area (Å²) in [6.07, 6.45) is 0.901. The molecule has 0 atom stereocenters. The maximum absolute atomic E-state index is 12.9. The Balaban J connectivity index is 1.55. The lowest BCUT2D eigenvalue weighted by Gasteiger charge is -2.30. The normalized spacial score (nSPS) is 15.3. The highest BCUT2D eigenvalue weighted by atomic mass is 32.2. The van der Waals surface area contributed by atoms with E-state index in [1.54, 1.807) is 48.5 Å². The summed E-state index contributed by atoms with van der Waals surface area (Å²) >= 11 is 0. The van der Waals surface area contributed by atoms with E-state index in [-0.39, 0.29) is 35.7 Å². The summed E-state index contributed by atoms with van der Waals surface area (Å²) in [5.41, 5.74) is 1.28. The number of carbonyl (C=O) groups is 2. The van der Waals surface area contributed by atoms with Gasteiger partial charge in [-0.3, -0.25) is 9.59 Å². The Morgan fingerprint density at radius 1 is 0.968 bits per heavy atom. The van der Waals surface area contributed by atoms with Crippen molar-refractivity contribution in [3.05, 3.63) is 48.5 Å². The quantitative estimate of drug-likeness (QED) is 0.681. The van der Waals surface area contributed by atoms with E-state index in [0.717, 1.165) is 0 Å².